The van der Waals surface area contributed by atoms with Crippen molar-refractivity contribution >= 4 is 0 Å². The van der Waals surface area contributed by atoms with Gasteiger partial charge >= 0.3 is 0 Å². The summed E-state index contributed by atoms with van der Waals surface area (Å²) in [5, 5.41) is 0. The molecular weight excluding hydrogens is 248 g/mol. The minimum atomic E-state index is -0.407. The number of nitrogens with two attached hydrogens (primary N) is 1. The fraction of sp³-hybridized carbons (Fsp3) is 0.200. The van der Waals surface area contributed by atoms with Crippen LogP contribution in [0.5, 0.6) is 5.75 Å². The smallest absolute Gasteiger partial charge is 0.126 e. The van der Waals surface area contributed by atoms with Gasteiger partial charge in [0.2, 0.25) is 0 Å². The molecule has 2 nitrogen and oxygen atoms in total. The molecular formula is C15H15F2NO. The Kier molecular flexibility index (Phi) is 3.81. The lowest BCUT2D eigenvalue weighted by atomic mass is 9.95. The number of rotatable bonds is 3. The quantitative estimate of drug-likeness (QED) is 0.917. The summed E-state index contributed by atoms with van der Waals surface area (Å²) < 4.78 is 32.1. The molecule has 0 saturated carbocycles. The first kappa shape index (κ1) is 13.5. The Labute approximate surface area is 110 Å². The van der Waals surface area contributed by atoms with Gasteiger partial charge in [0.05, 0.1) is 7.11 Å². The van der Waals surface area contributed by atoms with Gasteiger partial charge < -0.3 is 10.5 Å². The summed E-state index contributed by atoms with van der Waals surface area (Å²) in [5.74, 6) is -0.324. The van der Waals surface area contributed by atoms with Crippen LogP contribution < -0.4 is 10.5 Å². The number of hydrogen-bond donors (Lipinski definition) is 1. The van der Waals surface area contributed by atoms with Crippen LogP contribution in [0.3, 0.4) is 0 Å². The summed E-state index contributed by atoms with van der Waals surface area (Å²) in [6, 6.07) is 8.14. The lowest BCUT2D eigenvalue weighted by Crippen LogP contribution is -2.07. The molecule has 0 spiro atoms. The van der Waals surface area contributed by atoms with Crippen LogP contribution in [0.15, 0.2) is 36.4 Å². The Hall–Kier alpha value is -1.94. The van der Waals surface area contributed by atoms with Crippen molar-refractivity contribution in [3.63, 3.8) is 0 Å². The van der Waals surface area contributed by atoms with E-state index in [9.17, 15) is 8.78 Å². The van der Waals surface area contributed by atoms with E-state index in [1.807, 2.05) is 0 Å². The Bertz CT molecular complexity index is 597. The third-order valence-electron chi connectivity index (χ3n) is 2.96. The molecule has 0 fully saturated rings. The van der Waals surface area contributed by atoms with Crippen molar-refractivity contribution in [3.05, 3.63) is 53.6 Å². The standard InChI is InChI=1S/C15H15F2NO/c1-9(18)12-5-3-10(16)7-13(12)14-8-11(17)4-6-15(14)19-2/h3-9H,18H2,1-2H3. The lowest BCUT2D eigenvalue weighted by Gasteiger charge is -2.15. The van der Waals surface area contributed by atoms with Gasteiger partial charge in [0.15, 0.2) is 0 Å². The number of benzene rings is 2. The second-order valence-electron chi connectivity index (χ2n) is 4.36. The maximum Gasteiger partial charge on any atom is 0.126 e. The van der Waals surface area contributed by atoms with Gasteiger partial charge in [-0.2, -0.15) is 0 Å². The van der Waals surface area contributed by atoms with Gasteiger partial charge in [-0.3, -0.25) is 0 Å². The monoisotopic (exact) mass is 263 g/mol. The highest BCUT2D eigenvalue weighted by atomic mass is 19.1. The maximum atomic E-state index is 13.5. The second kappa shape index (κ2) is 5.36. The fourth-order valence-corrected chi connectivity index (χ4v) is 2.05. The van der Waals surface area contributed by atoms with Crippen molar-refractivity contribution in [1.29, 1.82) is 0 Å². The summed E-state index contributed by atoms with van der Waals surface area (Å²) >= 11 is 0. The first-order chi connectivity index (χ1) is 9.02. The Morgan fingerprint density at radius 3 is 2.16 bits per heavy atom. The zero-order chi connectivity index (χ0) is 14.0. The molecule has 0 amide bonds. The van der Waals surface area contributed by atoms with E-state index >= 15 is 0 Å². The van der Waals surface area contributed by atoms with Crippen LogP contribution >= 0.6 is 0 Å². The highest BCUT2D eigenvalue weighted by Crippen LogP contribution is 2.35. The normalized spacial score (nSPS) is 12.3. The van der Waals surface area contributed by atoms with Gasteiger partial charge in [-0.25, -0.2) is 8.78 Å². The average Bonchev–Trinajstić information content (AvgIpc) is 2.38. The van der Waals surface area contributed by atoms with Gasteiger partial charge in [-0.05, 0) is 48.4 Å². The van der Waals surface area contributed by atoms with Gasteiger partial charge in [-0.15, -0.1) is 0 Å². The average molecular weight is 263 g/mol. The number of methoxy groups -OCH3 is 1. The molecule has 0 bridgehead atoms. The van der Waals surface area contributed by atoms with E-state index in [0.717, 1.165) is 5.56 Å². The molecule has 0 radical (unpaired) electrons. The van der Waals surface area contributed by atoms with Crippen LogP contribution in [0.1, 0.15) is 18.5 Å². The van der Waals surface area contributed by atoms with E-state index in [2.05, 4.69) is 0 Å². The van der Waals surface area contributed by atoms with Crippen molar-refractivity contribution in [2.75, 3.05) is 7.11 Å². The third kappa shape index (κ3) is 2.74. The summed E-state index contributed by atoms with van der Waals surface area (Å²) in [6.07, 6.45) is 0. The second-order valence-corrected chi connectivity index (χ2v) is 4.36. The number of ether oxygens (including phenoxy) is 1. The van der Waals surface area contributed by atoms with E-state index in [4.69, 9.17) is 10.5 Å². The van der Waals surface area contributed by atoms with E-state index < -0.39 is 11.6 Å². The van der Waals surface area contributed by atoms with Crippen molar-refractivity contribution in [3.8, 4) is 16.9 Å². The predicted molar refractivity (Wildman–Crippen MR) is 70.9 cm³/mol. The number of halogens is 2. The van der Waals surface area contributed by atoms with Crippen LogP contribution in [0.4, 0.5) is 8.78 Å². The van der Waals surface area contributed by atoms with Gasteiger partial charge in [0.25, 0.3) is 0 Å². The molecule has 4 heteroatoms. The fourth-order valence-electron chi connectivity index (χ4n) is 2.05. The van der Waals surface area contributed by atoms with E-state index in [1.54, 1.807) is 13.0 Å². The molecule has 100 valence electrons. The summed E-state index contributed by atoms with van der Waals surface area (Å²) in [7, 11) is 1.49. The first-order valence-corrected chi connectivity index (χ1v) is 5.92. The molecule has 0 aliphatic rings. The van der Waals surface area contributed by atoms with Crippen molar-refractivity contribution < 1.29 is 13.5 Å². The maximum absolute atomic E-state index is 13.5. The largest absolute Gasteiger partial charge is 0.496 e. The lowest BCUT2D eigenvalue weighted by molar-refractivity contribution is 0.415. The Morgan fingerprint density at radius 1 is 1.00 bits per heavy atom. The summed E-state index contributed by atoms with van der Waals surface area (Å²) in [6.45, 7) is 1.79. The van der Waals surface area contributed by atoms with Crippen LogP contribution in [0.25, 0.3) is 11.1 Å². The topological polar surface area (TPSA) is 35.2 Å². The highest BCUT2D eigenvalue weighted by Gasteiger charge is 2.14. The molecule has 2 aromatic carbocycles. The van der Waals surface area contributed by atoms with Crippen LogP contribution in [0.2, 0.25) is 0 Å². The Balaban J connectivity index is 2.70. The van der Waals surface area contributed by atoms with Crippen LogP contribution in [-0.2, 0) is 0 Å². The SMILES string of the molecule is COc1ccc(F)cc1-c1cc(F)ccc1C(C)N. The first-order valence-electron chi connectivity index (χ1n) is 5.92. The van der Waals surface area contributed by atoms with E-state index in [1.165, 1.54) is 37.4 Å². The van der Waals surface area contributed by atoms with Crippen molar-refractivity contribution in [2.24, 2.45) is 5.73 Å². The summed E-state index contributed by atoms with van der Waals surface area (Å²) in [5.41, 5.74) is 7.66. The predicted octanol–water partition coefficient (Wildman–Crippen LogP) is 3.66. The molecule has 2 rings (SSSR count). The van der Waals surface area contributed by atoms with Crippen molar-refractivity contribution in [1.82, 2.24) is 0 Å². The molecule has 0 aromatic heterocycles. The molecule has 0 heterocycles. The number of hydrogen-bond acceptors (Lipinski definition) is 2. The molecule has 1 unspecified atom stereocenters. The molecule has 1 atom stereocenters. The highest BCUT2D eigenvalue weighted by molar-refractivity contribution is 5.74. The third-order valence-corrected chi connectivity index (χ3v) is 2.96. The van der Waals surface area contributed by atoms with E-state index in [0.29, 0.717) is 16.9 Å². The van der Waals surface area contributed by atoms with Gasteiger partial charge in [0, 0.05) is 11.6 Å². The minimum Gasteiger partial charge on any atom is -0.496 e. The van der Waals surface area contributed by atoms with Crippen molar-refractivity contribution in [2.45, 2.75) is 13.0 Å². The van der Waals surface area contributed by atoms with Gasteiger partial charge in [-0.1, -0.05) is 6.07 Å². The zero-order valence-corrected chi connectivity index (χ0v) is 10.8. The molecule has 0 saturated heterocycles. The van der Waals surface area contributed by atoms with Crippen LogP contribution in [-0.4, -0.2) is 7.11 Å². The molecule has 0 aliphatic heterocycles. The zero-order valence-electron chi connectivity index (χ0n) is 10.8. The Morgan fingerprint density at radius 2 is 1.58 bits per heavy atom. The molecule has 19 heavy (non-hydrogen) atoms. The van der Waals surface area contributed by atoms with Gasteiger partial charge in [0.1, 0.15) is 17.4 Å². The molecule has 2 aromatic rings. The molecule has 2 N–H and O–H groups in total. The minimum absolute atomic E-state index is 0.288. The molecule has 0 aliphatic carbocycles. The van der Waals surface area contributed by atoms with E-state index in [-0.39, 0.29) is 6.04 Å². The van der Waals surface area contributed by atoms with Crippen LogP contribution in [0, 0.1) is 11.6 Å². The summed E-state index contributed by atoms with van der Waals surface area (Å²) in [4.78, 5) is 0.